The summed E-state index contributed by atoms with van der Waals surface area (Å²) in [7, 11) is 1.56. The van der Waals surface area contributed by atoms with Crippen LogP contribution in [0.1, 0.15) is 22.6 Å². The predicted octanol–water partition coefficient (Wildman–Crippen LogP) is 1.97. The van der Waals surface area contributed by atoms with Gasteiger partial charge in [0.15, 0.2) is 0 Å². The van der Waals surface area contributed by atoms with E-state index < -0.39 is 0 Å². The number of hydrogen-bond donors (Lipinski definition) is 1. The van der Waals surface area contributed by atoms with Crippen LogP contribution in [-0.4, -0.2) is 32.8 Å². The normalized spacial score (nSPS) is 11.2. The smallest absolute Gasteiger partial charge is 0.262 e. The van der Waals surface area contributed by atoms with Gasteiger partial charge >= 0.3 is 0 Å². The molecule has 10 heteroatoms. The molecule has 132 valence electrons. The number of nitrogens with one attached hydrogen (secondary N) is 1. The van der Waals surface area contributed by atoms with E-state index in [1.54, 1.807) is 14.0 Å². The highest BCUT2D eigenvalue weighted by Gasteiger charge is 2.15. The molecule has 3 heterocycles. The second-order valence-corrected chi connectivity index (χ2v) is 7.49. The Morgan fingerprint density at radius 3 is 2.88 bits per heavy atom. The highest BCUT2D eigenvalue weighted by Crippen LogP contribution is 2.22. The average molecular weight is 379 g/mol. The van der Waals surface area contributed by atoms with Gasteiger partial charge in [0, 0.05) is 12.0 Å². The van der Waals surface area contributed by atoms with Crippen LogP contribution in [0.15, 0.2) is 10.9 Å². The molecule has 0 fully saturated rings. The molecule has 3 aromatic rings. The van der Waals surface area contributed by atoms with Crippen molar-refractivity contribution in [2.75, 3.05) is 12.4 Å². The van der Waals surface area contributed by atoms with Gasteiger partial charge in [-0.3, -0.25) is 19.5 Å². The molecule has 0 saturated heterocycles. The quantitative estimate of drug-likeness (QED) is 0.703. The lowest BCUT2D eigenvalue weighted by atomic mass is 10.3. The SMILES string of the molecule is CCc1cc2c(=O)n(CC(=O)Nc3nnc(COC)s3)c(C)nc2s1. The first-order chi connectivity index (χ1) is 12.0. The van der Waals surface area contributed by atoms with Gasteiger partial charge in [-0.15, -0.1) is 21.5 Å². The fraction of sp³-hybridized carbons (Fsp3) is 0.400. The topological polar surface area (TPSA) is 99.0 Å². The molecule has 0 atom stereocenters. The first kappa shape index (κ1) is 17.6. The molecule has 3 rings (SSSR count). The van der Waals surface area contributed by atoms with Crippen molar-refractivity contribution in [3.8, 4) is 0 Å². The van der Waals surface area contributed by atoms with E-state index in [9.17, 15) is 9.59 Å². The minimum atomic E-state index is -0.350. The maximum Gasteiger partial charge on any atom is 0.262 e. The summed E-state index contributed by atoms with van der Waals surface area (Å²) in [6.45, 7) is 3.97. The number of rotatable bonds is 6. The fourth-order valence-corrected chi connectivity index (χ4v) is 4.05. The number of aryl methyl sites for hydroxylation is 2. The molecule has 1 amide bonds. The highest BCUT2D eigenvalue weighted by atomic mass is 32.1. The summed E-state index contributed by atoms with van der Waals surface area (Å²) >= 11 is 2.74. The van der Waals surface area contributed by atoms with Crippen LogP contribution >= 0.6 is 22.7 Å². The van der Waals surface area contributed by atoms with E-state index in [1.165, 1.54) is 27.2 Å². The van der Waals surface area contributed by atoms with Crippen molar-refractivity contribution in [2.45, 2.75) is 33.4 Å². The van der Waals surface area contributed by atoms with Crippen LogP contribution in [0.3, 0.4) is 0 Å². The molecule has 3 aromatic heterocycles. The molecule has 0 saturated carbocycles. The second kappa shape index (κ2) is 7.38. The molecule has 25 heavy (non-hydrogen) atoms. The zero-order valence-corrected chi connectivity index (χ0v) is 15.7. The van der Waals surface area contributed by atoms with Gasteiger partial charge in [0.2, 0.25) is 11.0 Å². The lowest BCUT2D eigenvalue weighted by Crippen LogP contribution is -2.29. The zero-order chi connectivity index (χ0) is 18.0. The Kier molecular flexibility index (Phi) is 5.21. The van der Waals surface area contributed by atoms with E-state index in [1.807, 2.05) is 13.0 Å². The number of nitrogens with zero attached hydrogens (tertiary/aromatic N) is 4. The fourth-order valence-electron chi connectivity index (χ4n) is 2.32. The van der Waals surface area contributed by atoms with E-state index in [2.05, 4.69) is 20.5 Å². The van der Waals surface area contributed by atoms with Crippen LogP contribution in [0.4, 0.5) is 5.13 Å². The number of methoxy groups -OCH3 is 1. The van der Waals surface area contributed by atoms with Crippen LogP contribution < -0.4 is 10.9 Å². The Bertz CT molecular complexity index is 975. The summed E-state index contributed by atoms with van der Waals surface area (Å²) in [6.07, 6.45) is 0.848. The van der Waals surface area contributed by atoms with Crippen molar-refractivity contribution in [3.63, 3.8) is 0 Å². The number of hydrogen-bond acceptors (Lipinski definition) is 8. The maximum absolute atomic E-state index is 12.7. The Morgan fingerprint density at radius 2 is 2.16 bits per heavy atom. The van der Waals surface area contributed by atoms with Gasteiger partial charge in [-0.1, -0.05) is 18.3 Å². The van der Waals surface area contributed by atoms with Crippen molar-refractivity contribution >= 4 is 43.9 Å². The van der Waals surface area contributed by atoms with E-state index in [-0.39, 0.29) is 18.0 Å². The molecule has 1 N–H and O–H groups in total. The van der Waals surface area contributed by atoms with E-state index in [0.29, 0.717) is 32.8 Å². The summed E-state index contributed by atoms with van der Waals surface area (Å²) in [5, 5.41) is 12.0. The molecule has 0 unspecified atom stereocenters. The van der Waals surface area contributed by atoms with E-state index in [0.717, 1.165) is 11.3 Å². The van der Waals surface area contributed by atoms with Crippen LogP contribution in [0.5, 0.6) is 0 Å². The van der Waals surface area contributed by atoms with Gasteiger partial charge < -0.3 is 4.74 Å². The average Bonchev–Trinajstić information content (AvgIpc) is 3.18. The summed E-state index contributed by atoms with van der Waals surface area (Å²) in [6, 6.07) is 1.85. The number of carbonyl (C=O) groups excluding carboxylic acids is 1. The van der Waals surface area contributed by atoms with Crippen molar-refractivity contribution in [1.29, 1.82) is 0 Å². The zero-order valence-electron chi connectivity index (χ0n) is 14.0. The Morgan fingerprint density at radius 1 is 1.36 bits per heavy atom. The molecule has 0 aliphatic rings. The van der Waals surface area contributed by atoms with Gasteiger partial charge in [0.05, 0.1) is 5.39 Å². The highest BCUT2D eigenvalue weighted by molar-refractivity contribution is 7.18. The third kappa shape index (κ3) is 3.75. The minimum absolute atomic E-state index is 0.121. The van der Waals surface area contributed by atoms with E-state index in [4.69, 9.17) is 4.74 Å². The lowest BCUT2D eigenvalue weighted by molar-refractivity contribution is -0.116. The van der Waals surface area contributed by atoms with Gasteiger partial charge in [0.25, 0.3) is 5.56 Å². The molecular weight excluding hydrogens is 362 g/mol. The maximum atomic E-state index is 12.7. The largest absolute Gasteiger partial charge is 0.377 e. The third-order valence-corrected chi connectivity index (χ3v) is 5.51. The van der Waals surface area contributed by atoms with Crippen LogP contribution in [0.2, 0.25) is 0 Å². The van der Waals surface area contributed by atoms with Crippen molar-refractivity contribution < 1.29 is 9.53 Å². The molecule has 0 radical (unpaired) electrons. The van der Waals surface area contributed by atoms with Crippen LogP contribution in [-0.2, 0) is 29.1 Å². The molecule has 0 aliphatic heterocycles. The molecule has 0 aromatic carbocycles. The summed E-state index contributed by atoms with van der Waals surface area (Å²) in [4.78, 5) is 31.2. The number of ether oxygens (including phenoxy) is 1. The van der Waals surface area contributed by atoms with Gasteiger partial charge in [-0.05, 0) is 19.4 Å². The minimum Gasteiger partial charge on any atom is -0.377 e. The predicted molar refractivity (Wildman–Crippen MR) is 97.2 cm³/mol. The Hall–Kier alpha value is -2.17. The van der Waals surface area contributed by atoms with Crippen molar-refractivity contribution in [1.82, 2.24) is 19.7 Å². The molecule has 0 bridgehead atoms. The third-order valence-electron chi connectivity index (χ3n) is 3.52. The molecule has 0 spiro atoms. The lowest BCUT2D eigenvalue weighted by Gasteiger charge is -2.08. The number of amides is 1. The van der Waals surface area contributed by atoms with Crippen molar-refractivity contribution in [2.24, 2.45) is 0 Å². The van der Waals surface area contributed by atoms with Gasteiger partial charge in [-0.25, -0.2) is 4.98 Å². The van der Waals surface area contributed by atoms with Gasteiger partial charge in [-0.2, -0.15) is 0 Å². The van der Waals surface area contributed by atoms with Crippen LogP contribution in [0.25, 0.3) is 10.2 Å². The monoisotopic (exact) mass is 379 g/mol. The number of fused-ring (bicyclic) bond motifs is 1. The van der Waals surface area contributed by atoms with Crippen LogP contribution in [0, 0.1) is 6.92 Å². The molecular formula is C15H17N5O3S2. The molecule has 8 nitrogen and oxygen atoms in total. The number of anilines is 1. The second-order valence-electron chi connectivity index (χ2n) is 5.32. The van der Waals surface area contributed by atoms with Crippen molar-refractivity contribution in [3.05, 3.63) is 32.1 Å². The number of aromatic nitrogens is 4. The number of thiophene rings is 1. The summed E-state index contributed by atoms with van der Waals surface area (Å²) in [5.41, 5.74) is -0.203. The summed E-state index contributed by atoms with van der Waals surface area (Å²) < 4.78 is 6.34. The Balaban J connectivity index is 1.81. The number of carbonyl (C=O) groups is 1. The first-order valence-electron chi connectivity index (χ1n) is 7.62. The first-order valence-corrected chi connectivity index (χ1v) is 9.26. The summed E-state index contributed by atoms with van der Waals surface area (Å²) in [5.74, 6) is 0.159. The van der Waals surface area contributed by atoms with Gasteiger partial charge in [0.1, 0.15) is 28.8 Å². The Labute approximate surface area is 151 Å². The van der Waals surface area contributed by atoms with E-state index >= 15 is 0 Å². The standard InChI is InChI=1S/C15H17N5O3S2/c1-4-9-5-10-13(24-9)16-8(2)20(14(10)22)6-11(21)17-15-19-18-12(25-15)7-23-3/h5H,4,6-7H2,1-3H3,(H,17,19,21). The molecule has 0 aliphatic carbocycles.